The van der Waals surface area contributed by atoms with Gasteiger partial charge in [-0.1, -0.05) is 6.07 Å². The molecule has 1 aliphatic carbocycles. The quantitative estimate of drug-likeness (QED) is 0.856. The average molecular weight is 323 g/mol. The Morgan fingerprint density at radius 2 is 2.08 bits per heavy atom. The highest BCUT2D eigenvalue weighted by atomic mass is 16.7. The molecule has 1 fully saturated rings. The Labute approximate surface area is 139 Å². The molecule has 2 aliphatic rings. The lowest BCUT2D eigenvalue weighted by molar-refractivity contribution is -0.116. The van der Waals surface area contributed by atoms with E-state index in [0.717, 1.165) is 22.7 Å². The van der Waals surface area contributed by atoms with Gasteiger partial charge >= 0.3 is 0 Å². The Kier molecular flexibility index (Phi) is 3.86. The molecule has 1 aromatic heterocycles. The fourth-order valence-electron chi connectivity index (χ4n) is 2.54. The van der Waals surface area contributed by atoms with E-state index in [4.69, 9.17) is 9.47 Å². The highest BCUT2D eigenvalue weighted by Crippen LogP contribution is 2.38. The summed E-state index contributed by atoms with van der Waals surface area (Å²) in [6.07, 6.45) is 7.20. The van der Waals surface area contributed by atoms with E-state index in [2.05, 4.69) is 15.3 Å². The van der Waals surface area contributed by atoms with Crippen molar-refractivity contribution < 1.29 is 14.3 Å². The number of carbonyl (C=O) groups is 1. The van der Waals surface area contributed by atoms with Gasteiger partial charge in [0.2, 0.25) is 12.7 Å². The van der Waals surface area contributed by atoms with Crippen LogP contribution in [0.4, 0.5) is 0 Å². The summed E-state index contributed by atoms with van der Waals surface area (Å²) in [4.78, 5) is 20.4. The van der Waals surface area contributed by atoms with Crippen LogP contribution < -0.4 is 14.8 Å². The Morgan fingerprint density at radius 1 is 1.21 bits per heavy atom. The van der Waals surface area contributed by atoms with Crippen LogP contribution in [0.1, 0.15) is 35.7 Å². The summed E-state index contributed by atoms with van der Waals surface area (Å²) in [7, 11) is 0. The van der Waals surface area contributed by atoms with Gasteiger partial charge in [-0.15, -0.1) is 0 Å². The smallest absolute Gasteiger partial charge is 0.244 e. The molecular weight excluding hydrogens is 306 g/mol. The zero-order valence-electron chi connectivity index (χ0n) is 13.1. The zero-order chi connectivity index (χ0) is 16.4. The van der Waals surface area contributed by atoms with E-state index in [1.54, 1.807) is 12.4 Å². The second-order valence-electron chi connectivity index (χ2n) is 5.87. The van der Waals surface area contributed by atoms with Gasteiger partial charge in [0.15, 0.2) is 11.5 Å². The third-order valence-electron chi connectivity index (χ3n) is 4.01. The van der Waals surface area contributed by atoms with Gasteiger partial charge in [-0.3, -0.25) is 4.79 Å². The highest BCUT2D eigenvalue weighted by molar-refractivity contribution is 5.91. The molecule has 1 aliphatic heterocycles. The predicted molar refractivity (Wildman–Crippen MR) is 87.5 cm³/mol. The summed E-state index contributed by atoms with van der Waals surface area (Å²) in [5.41, 5.74) is 2.79. The van der Waals surface area contributed by atoms with E-state index in [-0.39, 0.29) is 12.7 Å². The van der Waals surface area contributed by atoms with Crippen molar-refractivity contribution in [2.24, 2.45) is 0 Å². The largest absolute Gasteiger partial charge is 0.454 e. The standard InChI is InChI=1S/C18H17N3O3/c22-18(6-2-12-1-5-16-17(7-12)24-11-23-16)19-9-14-8-15(13-3-4-13)21-10-20-14/h1-2,5-8,10,13H,3-4,9,11H2,(H,19,22)/b6-2+. The van der Waals surface area contributed by atoms with Gasteiger partial charge in [-0.2, -0.15) is 0 Å². The average Bonchev–Trinajstić information content (AvgIpc) is 3.36. The minimum atomic E-state index is -0.167. The van der Waals surface area contributed by atoms with Gasteiger partial charge in [0.05, 0.1) is 12.2 Å². The van der Waals surface area contributed by atoms with Crippen LogP contribution in [-0.4, -0.2) is 22.7 Å². The molecule has 1 amide bonds. The molecule has 2 heterocycles. The number of benzene rings is 1. The first-order valence-electron chi connectivity index (χ1n) is 7.94. The molecule has 24 heavy (non-hydrogen) atoms. The van der Waals surface area contributed by atoms with Crippen molar-refractivity contribution in [2.75, 3.05) is 6.79 Å². The second-order valence-corrected chi connectivity index (χ2v) is 5.87. The highest BCUT2D eigenvalue weighted by Gasteiger charge is 2.25. The third-order valence-corrected chi connectivity index (χ3v) is 4.01. The van der Waals surface area contributed by atoms with E-state index in [9.17, 15) is 4.79 Å². The van der Waals surface area contributed by atoms with E-state index < -0.39 is 0 Å². The van der Waals surface area contributed by atoms with E-state index >= 15 is 0 Å². The van der Waals surface area contributed by atoms with E-state index in [1.165, 1.54) is 18.9 Å². The molecule has 6 nitrogen and oxygen atoms in total. The Morgan fingerprint density at radius 3 is 2.96 bits per heavy atom. The number of aromatic nitrogens is 2. The Hall–Kier alpha value is -2.89. The number of fused-ring (bicyclic) bond motifs is 1. The van der Waals surface area contributed by atoms with Crippen LogP contribution in [0.2, 0.25) is 0 Å². The van der Waals surface area contributed by atoms with Gasteiger partial charge in [-0.05, 0) is 42.7 Å². The van der Waals surface area contributed by atoms with E-state index in [1.807, 2.05) is 24.3 Å². The van der Waals surface area contributed by atoms with Crippen molar-refractivity contribution in [1.29, 1.82) is 0 Å². The maximum absolute atomic E-state index is 12.0. The molecule has 1 aromatic carbocycles. The van der Waals surface area contributed by atoms with Crippen LogP contribution >= 0.6 is 0 Å². The minimum Gasteiger partial charge on any atom is -0.454 e. The molecule has 0 atom stereocenters. The minimum absolute atomic E-state index is 0.167. The van der Waals surface area contributed by atoms with Crippen molar-refractivity contribution in [1.82, 2.24) is 15.3 Å². The van der Waals surface area contributed by atoms with E-state index in [0.29, 0.717) is 18.2 Å². The number of rotatable bonds is 5. The zero-order valence-corrected chi connectivity index (χ0v) is 13.1. The topological polar surface area (TPSA) is 73.3 Å². The molecule has 0 spiro atoms. The van der Waals surface area contributed by atoms with Gasteiger partial charge in [0.25, 0.3) is 0 Å². The number of carbonyl (C=O) groups excluding carboxylic acids is 1. The summed E-state index contributed by atoms with van der Waals surface area (Å²) in [6, 6.07) is 7.53. The van der Waals surface area contributed by atoms with Crippen molar-refractivity contribution in [3.63, 3.8) is 0 Å². The number of hydrogen-bond donors (Lipinski definition) is 1. The molecule has 1 N–H and O–H groups in total. The van der Waals surface area contributed by atoms with Crippen molar-refractivity contribution in [2.45, 2.75) is 25.3 Å². The number of nitrogens with one attached hydrogen (secondary N) is 1. The molecule has 0 bridgehead atoms. The molecule has 2 aromatic rings. The number of amides is 1. The first-order valence-corrected chi connectivity index (χ1v) is 7.94. The fraction of sp³-hybridized carbons (Fsp3) is 0.278. The maximum atomic E-state index is 12.0. The van der Waals surface area contributed by atoms with Crippen molar-refractivity contribution in [3.8, 4) is 11.5 Å². The first-order chi connectivity index (χ1) is 11.8. The van der Waals surface area contributed by atoms with Crippen molar-refractivity contribution >= 4 is 12.0 Å². The monoisotopic (exact) mass is 323 g/mol. The summed E-state index contributed by atoms with van der Waals surface area (Å²) in [5, 5.41) is 2.84. The van der Waals surface area contributed by atoms with Crippen LogP contribution in [0.15, 0.2) is 36.7 Å². The number of hydrogen-bond acceptors (Lipinski definition) is 5. The van der Waals surface area contributed by atoms with Crippen LogP contribution in [0.3, 0.4) is 0 Å². The SMILES string of the molecule is O=C(/C=C/c1ccc2c(c1)OCO2)NCc1cc(C2CC2)ncn1. The molecular formula is C18H17N3O3. The lowest BCUT2D eigenvalue weighted by Gasteiger charge is -2.03. The van der Waals surface area contributed by atoms with Crippen molar-refractivity contribution in [3.05, 3.63) is 53.6 Å². The van der Waals surface area contributed by atoms with Gasteiger partial charge in [0, 0.05) is 17.7 Å². The normalized spacial score (nSPS) is 15.7. The lowest BCUT2D eigenvalue weighted by atomic mass is 10.2. The number of ether oxygens (including phenoxy) is 2. The Balaban J connectivity index is 1.34. The van der Waals surface area contributed by atoms with Crippen LogP contribution in [0.25, 0.3) is 6.08 Å². The third kappa shape index (κ3) is 3.37. The maximum Gasteiger partial charge on any atom is 0.244 e. The van der Waals surface area contributed by atoms with Crippen LogP contribution in [0, 0.1) is 0 Å². The van der Waals surface area contributed by atoms with Gasteiger partial charge in [-0.25, -0.2) is 9.97 Å². The second kappa shape index (κ2) is 6.31. The fourth-order valence-corrected chi connectivity index (χ4v) is 2.54. The predicted octanol–water partition coefficient (Wildman–Crippen LogP) is 2.41. The summed E-state index contributed by atoms with van der Waals surface area (Å²) in [6.45, 7) is 0.636. The molecule has 0 unspecified atom stereocenters. The number of nitrogens with zero attached hydrogens (tertiary/aromatic N) is 2. The summed E-state index contributed by atoms with van der Waals surface area (Å²) < 4.78 is 10.6. The lowest BCUT2D eigenvalue weighted by Crippen LogP contribution is -2.21. The first kappa shape index (κ1) is 14.7. The summed E-state index contributed by atoms with van der Waals surface area (Å²) in [5.74, 6) is 1.84. The molecule has 6 heteroatoms. The van der Waals surface area contributed by atoms with Crippen LogP contribution in [-0.2, 0) is 11.3 Å². The van der Waals surface area contributed by atoms with Crippen LogP contribution in [0.5, 0.6) is 11.5 Å². The molecule has 0 saturated heterocycles. The van der Waals surface area contributed by atoms with Gasteiger partial charge in [0.1, 0.15) is 6.33 Å². The molecule has 0 radical (unpaired) electrons. The summed E-state index contributed by atoms with van der Waals surface area (Å²) >= 11 is 0. The van der Waals surface area contributed by atoms with Gasteiger partial charge < -0.3 is 14.8 Å². The molecule has 4 rings (SSSR count). The molecule has 122 valence electrons. The Bertz CT molecular complexity index is 800. The molecule has 1 saturated carbocycles.